The zero-order valence-electron chi connectivity index (χ0n) is 15.3. The van der Waals surface area contributed by atoms with Crippen molar-refractivity contribution in [3.63, 3.8) is 0 Å². The summed E-state index contributed by atoms with van der Waals surface area (Å²) in [5, 5.41) is 8.54. The number of nitrogens with one attached hydrogen (secondary N) is 1. The standard InChI is InChI=1S/C13H5ClF5N3O2.2C2H6/c14-6-1-5(3-20)8(15)7(2-6)24-9-10(13(18,19)12(16)17)21-4-22-11(9)23;2*1-2/h1-2,4,12H,(H,21,22,23);2*1-2H3. The molecule has 5 nitrogen and oxygen atoms in total. The molecule has 0 amide bonds. The number of aromatic amines is 1. The average molecular weight is 426 g/mol. The van der Waals surface area contributed by atoms with Crippen LogP contribution in [0.15, 0.2) is 23.3 Å². The maximum atomic E-state index is 14.0. The van der Waals surface area contributed by atoms with Crippen molar-refractivity contribution in [2.24, 2.45) is 0 Å². The van der Waals surface area contributed by atoms with E-state index in [1.54, 1.807) is 0 Å². The Kier molecular flexibility index (Phi) is 10.2. The molecule has 0 aliphatic carbocycles. The molecule has 0 atom stereocenters. The first-order valence-corrected chi connectivity index (χ1v) is 8.37. The first-order valence-electron chi connectivity index (χ1n) is 7.99. The molecule has 0 spiro atoms. The number of aromatic nitrogens is 2. The number of H-pyrrole nitrogens is 1. The van der Waals surface area contributed by atoms with Gasteiger partial charge < -0.3 is 9.72 Å². The van der Waals surface area contributed by atoms with Crippen LogP contribution in [0.4, 0.5) is 22.0 Å². The van der Waals surface area contributed by atoms with Crippen LogP contribution in [0.3, 0.4) is 0 Å². The minimum absolute atomic E-state index is 0.203. The van der Waals surface area contributed by atoms with E-state index in [0.29, 0.717) is 6.33 Å². The molecule has 0 unspecified atom stereocenters. The summed E-state index contributed by atoms with van der Waals surface area (Å²) in [5.41, 5.74) is -3.63. The number of halogens is 6. The fourth-order valence-corrected chi connectivity index (χ4v) is 1.86. The Morgan fingerprint density at radius 2 is 1.82 bits per heavy atom. The van der Waals surface area contributed by atoms with E-state index in [4.69, 9.17) is 21.6 Å². The second-order valence-electron chi connectivity index (χ2n) is 4.31. The summed E-state index contributed by atoms with van der Waals surface area (Å²) in [7, 11) is 0. The van der Waals surface area contributed by atoms with Gasteiger partial charge in [0.05, 0.1) is 11.9 Å². The van der Waals surface area contributed by atoms with Crippen molar-refractivity contribution < 1.29 is 26.7 Å². The Balaban J connectivity index is 0.00000171. The Morgan fingerprint density at radius 1 is 1.25 bits per heavy atom. The lowest BCUT2D eigenvalue weighted by Crippen LogP contribution is -2.28. The van der Waals surface area contributed by atoms with Crippen LogP contribution in [-0.4, -0.2) is 16.4 Å². The van der Waals surface area contributed by atoms with E-state index in [1.165, 1.54) is 6.07 Å². The van der Waals surface area contributed by atoms with Crippen LogP contribution in [-0.2, 0) is 5.92 Å². The summed E-state index contributed by atoms with van der Waals surface area (Å²) in [6, 6.07) is 3.14. The molecular weight excluding hydrogens is 409 g/mol. The molecule has 1 heterocycles. The third-order valence-electron chi connectivity index (χ3n) is 2.74. The highest BCUT2D eigenvalue weighted by molar-refractivity contribution is 6.30. The average Bonchev–Trinajstić information content (AvgIpc) is 2.68. The molecule has 1 aromatic heterocycles. The highest BCUT2D eigenvalue weighted by Crippen LogP contribution is 2.39. The van der Waals surface area contributed by atoms with Crippen LogP contribution >= 0.6 is 11.6 Å². The van der Waals surface area contributed by atoms with Gasteiger partial charge in [-0.3, -0.25) is 4.79 Å². The fourth-order valence-electron chi connectivity index (χ4n) is 1.65. The van der Waals surface area contributed by atoms with Crippen LogP contribution in [0.25, 0.3) is 0 Å². The minimum Gasteiger partial charge on any atom is -0.446 e. The highest BCUT2D eigenvalue weighted by Gasteiger charge is 2.47. The molecule has 11 heteroatoms. The molecule has 0 aliphatic heterocycles. The van der Waals surface area contributed by atoms with E-state index >= 15 is 0 Å². The van der Waals surface area contributed by atoms with Crippen LogP contribution < -0.4 is 10.3 Å². The molecule has 28 heavy (non-hydrogen) atoms. The molecule has 1 N–H and O–H groups in total. The summed E-state index contributed by atoms with van der Waals surface area (Å²) in [5.74, 6) is -8.34. The summed E-state index contributed by atoms with van der Waals surface area (Å²) in [6.07, 6.45) is -3.72. The van der Waals surface area contributed by atoms with Crippen LogP contribution in [0, 0.1) is 17.1 Å². The number of ether oxygens (including phenoxy) is 1. The molecule has 0 aliphatic rings. The normalized spacial score (nSPS) is 10.2. The van der Waals surface area contributed by atoms with E-state index in [2.05, 4.69) is 4.98 Å². The third kappa shape index (κ3) is 5.66. The van der Waals surface area contributed by atoms with Crippen molar-refractivity contribution in [3.8, 4) is 17.6 Å². The summed E-state index contributed by atoms with van der Waals surface area (Å²) < 4.78 is 70.8. The number of hydrogen-bond acceptors (Lipinski definition) is 4. The fraction of sp³-hybridized carbons (Fsp3) is 0.353. The van der Waals surface area contributed by atoms with Crippen LogP contribution in [0.2, 0.25) is 5.02 Å². The highest BCUT2D eigenvalue weighted by atomic mass is 35.5. The molecule has 1 aromatic carbocycles. The Morgan fingerprint density at radius 3 is 2.32 bits per heavy atom. The second-order valence-corrected chi connectivity index (χ2v) is 4.75. The summed E-state index contributed by atoms with van der Waals surface area (Å²) in [4.78, 5) is 16.5. The van der Waals surface area contributed by atoms with Gasteiger partial charge >= 0.3 is 12.3 Å². The topological polar surface area (TPSA) is 78.8 Å². The number of alkyl halides is 4. The van der Waals surface area contributed by atoms with Crippen molar-refractivity contribution in [1.29, 1.82) is 5.26 Å². The van der Waals surface area contributed by atoms with Crippen LogP contribution in [0.5, 0.6) is 11.5 Å². The number of benzene rings is 1. The number of nitrogens with zero attached hydrogens (tertiary/aromatic N) is 2. The van der Waals surface area contributed by atoms with Crippen molar-refractivity contribution in [1.82, 2.24) is 9.97 Å². The molecule has 0 saturated heterocycles. The monoisotopic (exact) mass is 425 g/mol. The van der Waals surface area contributed by atoms with Crippen molar-refractivity contribution in [3.05, 3.63) is 50.9 Å². The van der Waals surface area contributed by atoms with E-state index < -0.39 is 46.5 Å². The predicted octanol–water partition coefficient (Wildman–Crippen LogP) is 5.64. The maximum absolute atomic E-state index is 14.0. The lowest BCUT2D eigenvalue weighted by atomic mass is 10.2. The quantitative estimate of drug-likeness (QED) is 0.643. The van der Waals surface area contributed by atoms with Gasteiger partial charge in [0, 0.05) is 11.1 Å². The van der Waals surface area contributed by atoms with Gasteiger partial charge in [-0.25, -0.2) is 18.2 Å². The molecule has 2 rings (SSSR count). The van der Waals surface area contributed by atoms with E-state index in [-0.39, 0.29) is 5.02 Å². The van der Waals surface area contributed by atoms with E-state index in [0.717, 1.165) is 12.1 Å². The predicted molar refractivity (Wildman–Crippen MR) is 93.7 cm³/mol. The van der Waals surface area contributed by atoms with Gasteiger partial charge in [0.1, 0.15) is 6.07 Å². The zero-order chi connectivity index (χ0) is 22.1. The van der Waals surface area contributed by atoms with E-state index in [1.807, 2.05) is 32.7 Å². The minimum atomic E-state index is -4.82. The third-order valence-corrected chi connectivity index (χ3v) is 2.96. The SMILES string of the molecule is CC.CC.N#Cc1cc(Cl)cc(Oc2c(C(F)(F)C(F)F)nc[nH]c2=O)c1F. The second kappa shape index (κ2) is 11.2. The van der Waals surface area contributed by atoms with Crippen molar-refractivity contribution in [2.75, 3.05) is 0 Å². The molecule has 0 radical (unpaired) electrons. The Hall–Kier alpha value is -2.67. The summed E-state index contributed by atoms with van der Waals surface area (Å²) >= 11 is 5.62. The first-order chi connectivity index (χ1) is 13.2. The van der Waals surface area contributed by atoms with Crippen molar-refractivity contribution >= 4 is 11.6 Å². The Bertz CT molecular complexity index is 882. The smallest absolute Gasteiger partial charge is 0.352 e. The molecule has 0 bridgehead atoms. The maximum Gasteiger partial charge on any atom is 0.352 e. The van der Waals surface area contributed by atoms with Gasteiger partial charge in [0.25, 0.3) is 5.56 Å². The van der Waals surface area contributed by atoms with Gasteiger partial charge in [-0.05, 0) is 6.07 Å². The molecular formula is C17H17ClF5N3O2. The first kappa shape index (κ1) is 25.3. The largest absolute Gasteiger partial charge is 0.446 e. The van der Waals surface area contributed by atoms with Gasteiger partial charge in [-0.2, -0.15) is 14.0 Å². The number of hydrogen-bond donors (Lipinski definition) is 1. The van der Waals surface area contributed by atoms with Gasteiger partial charge in [-0.15, -0.1) is 0 Å². The van der Waals surface area contributed by atoms with Crippen LogP contribution in [0.1, 0.15) is 39.0 Å². The lowest BCUT2D eigenvalue weighted by molar-refractivity contribution is -0.139. The Labute approximate surface area is 162 Å². The van der Waals surface area contributed by atoms with E-state index in [9.17, 15) is 26.7 Å². The van der Waals surface area contributed by atoms with Gasteiger partial charge in [0.15, 0.2) is 17.3 Å². The number of rotatable bonds is 4. The van der Waals surface area contributed by atoms with Gasteiger partial charge in [-0.1, -0.05) is 39.3 Å². The zero-order valence-corrected chi connectivity index (χ0v) is 16.0. The molecule has 0 fully saturated rings. The lowest BCUT2D eigenvalue weighted by Gasteiger charge is -2.17. The van der Waals surface area contributed by atoms with Gasteiger partial charge in [0.2, 0.25) is 5.75 Å². The molecule has 0 saturated carbocycles. The summed E-state index contributed by atoms with van der Waals surface area (Å²) in [6.45, 7) is 8.00. The number of nitriles is 1. The molecule has 2 aromatic rings. The van der Waals surface area contributed by atoms with Crippen molar-refractivity contribution in [2.45, 2.75) is 40.0 Å². The molecule has 154 valence electrons.